The number of ether oxygens (including phenoxy) is 4. The lowest BCUT2D eigenvalue weighted by Crippen LogP contribution is -2.66. The second-order valence-electron chi connectivity index (χ2n) is 9.50. The molecule has 0 aliphatic carbocycles. The molecule has 2 aliphatic heterocycles. The van der Waals surface area contributed by atoms with Crippen LogP contribution in [0.1, 0.15) is 29.7 Å². The molecule has 198 valence electrons. The summed E-state index contributed by atoms with van der Waals surface area (Å²) in [6, 6.07) is 12.9. The predicted molar refractivity (Wildman–Crippen MR) is 130 cm³/mol. The number of hydrogen-bond donors (Lipinski definition) is 5. The molecule has 0 aromatic heterocycles. The van der Waals surface area contributed by atoms with Crippen LogP contribution in [0.15, 0.2) is 42.5 Å². The summed E-state index contributed by atoms with van der Waals surface area (Å²) in [5.41, 5.74) is -0.721. The molecule has 2 heterocycles. The van der Waals surface area contributed by atoms with Gasteiger partial charge in [0.05, 0.1) is 39.6 Å². The Kier molecular flexibility index (Phi) is 8.56. The lowest BCUT2D eigenvalue weighted by atomic mass is 9.83. The normalized spacial score (nSPS) is 33.2. The molecule has 4 atom stereocenters. The van der Waals surface area contributed by atoms with Gasteiger partial charge in [0.15, 0.2) is 0 Å². The van der Waals surface area contributed by atoms with Crippen LogP contribution < -0.4 is 4.74 Å². The van der Waals surface area contributed by atoms with E-state index in [1.54, 1.807) is 18.2 Å². The van der Waals surface area contributed by atoms with Crippen molar-refractivity contribution in [3.8, 4) is 5.75 Å². The maximum absolute atomic E-state index is 10.8. The van der Waals surface area contributed by atoms with Crippen molar-refractivity contribution in [2.75, 3.05) is 39.6 Å². The van der Waals surface area contributed by atoms with Gasteiger partial charge in [0.1, 0.15) is 41.4 Å². The van der Waals surface area contributed by atoms with E-state index in [0.29, 0.717) is 23.6 Å². The molecule has 10 heteroatoms. The van der Waals surface area contributed by atoms with Crippen molar-refractivity contribution in [2.24, 2.45) is 0 Å². The Labute approximate surface area is 214 Å². The average Bonchev–Trinajstić information content (AvgIpc) is 2.86. The minimum absolute atomic E-state index is 0.233. The standard InChI is InChI=1S/C26H33ClO9/c1-2-35-19-6-3-16(4-7-19)9-18-10-17(5-8-20(18)27)23-21(29)22(30)24(31)26(36-23)14-33-12-25(32,11-28)13-34-15-26/h3-8,10,21-24,28-32H,2,9,11-15H2,1H3/t21-,22-,23+,24+,25?,26?/m1/s1. The lowest BCUT2D eigenvalue weighted by molar-refractivity contribution is -0.309. The van der Waals surface area contributed by atoms with Crippen molar-refractivity contribution in [1.82, 2.24) is 0 Å². The van der Waals surface area contributed by atoms with Gasteiger partial charge in [0.25, 0.3) is 0 Å². The number of rotatable bonds is 6. The molecule has 0 saturated carbocycles. The zero-order valence-corrected chi connectivity index (χ0v) is 20.8. The van der Waals surface area contributed by atoms with E-state index in [4.69, 9.17) is 30.5 Å². The first kappa shape index (κ1) is 27.3. The number of aliphatic hydroxyl groups excluding tert-OH is 4. The molecule has 2 fully saturated rings. The van der Waals surface area contributed by atoms with Gasteiger partial charge in [-0.05, 0) is 48.2 Å². The van der Waals surface area contributed by atoms with E-state index < -0.39 is 42.2 Å². The minimum Gasteiger partial charge on any atom is -0.494 e. The van der Waals surface area contributed by atoms with Gasteiger partial charge >= 0.3 is 0 Å². The van der Waals surface area contributed by atoms with Gasteiger partial charge in [0.2, 0.25) is 0 Å². The van der Waals surface area contributed by atoms with Crippen molar-refractivity contribution >= 4 is 11.6 Å². The zero-order valence-electron chi connectivity index (χ0n) is 20.0. The van der Waals surface area contributed by atoms with Crippen LogP contribution in [0.2, 0.25) is 5.02 Å². The second kappa shape index (κ2) is 11.3. The Morgan fingerprint density at radius 2 is 1.64 bits per heavy atom. The number of aliphatic hydroxyl groups is 5. The topological polar surface area (TPSA) is 138 Å². The maximum Gasteiger partial charge on any atom is 0.144 e. The number of halogens is 1. The molecule has 2 aliphatic rings. The molecule has 0 amide bonds. The van der Waals surface area contributed by atoms with E-state index >= 15 is 0 Å². The van der Waals surface area contributed by atoms with Gasteiger partial charge in [-0.3, -0.25) is 0 Å². The first-order valence-electron chi connectivity index (χ1n) is 11.9. The highest BCUT2D eigenvalue weighted by Gasteiger charge is 2.55. The van der Waals surface area contributed by atoms with E-state index in [0.717, 1.165) is 16.9 Å². The van der Waals surface area contributed by atoms with E-state index in [1.165, 1.54) is 0 Å². The summed E-state index contributed by atoms with van der Waals surface area (Å²) in [4.78, 5) is 0. The van der Waals surface area contributed by atoms with Gasteiger partial charge in [-0.15, -0.1) is 0 Å². The largest absolute Gasteiger partial charge is 0.494 e. The molecule has 9 nitrogen and oxygen atoms in total. The van der Waals surface area contributed by atoms with Crippen LogP contribution in [0.25, 0.3) is 0 Å². The third-order valence-corrected chi connectivity index (χ3v) is 7.01. The van der Waals surface area contributed by atoms with Crippen molar-refractivity contribution in [1.29, 1.82) is 0 Å². The van der Waals surface area contributed by atoms with Crippen LogP contribution in [0, 0.1) is 0 Å². The van der Waals surface area contributed by atoms with Crippen molar-refractivity contribution in [2.45, 2.75) is 49.0 Å². The van der Waals surface area contributed by atoms with E-state index in [9.17, 15) is 25.5 Å². The molecule has 1 spiro atoms. The summed E-state index contributed by atoms with van der Waals surface area (Å²) in [5, 5.41) is 52.5. The van der Waals surface area contributed by atoms with E-state index in [1.807, 2.05) is 31.2 Å². The SMILES string of the molecule is CCOc1ccc(Cc2cc([C@@H]3OC4(COCC(O)(CO)COC4)[C@@H](O)[C@H](O)[C@H]3O)ccc2Cl)cc1. The van der Waals surface area contributed by atoms with Crippen LogP contribution in [-0.4, -0.2) is 94.7 Å². The van der Waals surface area contributed by atoms with Crippen LogP contribution in [-0.2, 0) is 20.6 Å². The first-order valence-corrected chi connectivity index (χ1v) is 12.3. The van der Waals surface area contributed by atoms with Crippen LogP contribution in [0.5, 0.6) is 5.75 Å². The summed E-state index contributed by atoms with van der Waals surface area (Å²) in [6.07, 6.45) is -4.98. The van der Waals surface area contributed by atoms with Gasteiger partial charge in [-0.1, -0.05) is 35.9 Å². The zero-order chi connectivity index (χ0) is 25.9. The van der Waals surface area contributed by atoms with E-state index in [-0.39, 0.29) is 26.4 Å². The maximum atomic E-state index is 10.8. The lowest BCUT2D eigenvalue weighted by Gasteiger charge is -2.50. The second-order valence-corrected chi connectivity index (χ2v) is 9.91. The summed E-state index contributed by atoms with van der Waals surface area (Å²) in [5.74, 6) is 0.777. The number of benzene rings is 2. The third-order valence-electron chi connectivity index (χ3n) is 6.64. The van der Waals surface area contributed by atoms with Crippen LogP contribution in [0.4, 0.5) is 0 Å². The molecule has 0 bridgehead atoms. The van der Waals surface area contributed by atoms with Gasteiger partial charge in [0, 0.05) is 5.02 Å². The average molecular weight is 525 g/mol. The van der Waals surface area contributed by atoms with Gasteiger partial charge in [-0.2, -0.15) is 0 Å². The predicted octanol–water partition coefficient (Wildman–Crippen LogP) is 0.992. The molecule has 5 N–H and O–H groups in total. The highest BCUT2D eigenvalue weighted by molar-refractivity contribution is 6.31. The minimum atomic E-state index is -1.58. The Bertz CT molecular complexity index is 1000. The molecule has 36 heavy (non-hydrogen) atoms. The molecule has 0 unspecified atom stereocenters. The third kappa shape index (κ3) is 5.70. The first-order chi connectivity index (χ1) is 17.2. The fourth-order valence-corrected chi connectivity index (χ4v) is 4.76. The van der Waals surface area contributed by atoms with Crippen molar-refractivity contribution in [3.63, 3.8) is 0 Å². The molecule has 0 radical (unpaired) electrons. The smallest absolute Gasteiger partial charge is 0.144 e. The molecule has 2 saturated heterocycles. The van der Waals surface area contributed by atoms with Gasteiger partial charge in [-0.25, -0.2) is 0 Å². The Morgan fingerprint density at radius 3 is 2.25 bits per heavy atom. The fourth-order valence-electron chi connectivity index (χ4n) is 4.57. The van der Waals surface area contributed by atoms with Gasteiger partial charge < -0.3 is 44.5 Å². The highest BCUT2D eigenvalue weighted by atomic mass is 35.5. The molecular weight excluding hydrogens is 492 g/mol. The Hall–Kier alpha value is -1.79. The fraction of sp³-hybridized carbons (Fsp3) is 0.538. The Morgan fingerprint density at radius 1 is 0.972 bits per heavy atom. The monoisotopic (exact) mass is 524 g/mol. The molecule has 4 rings (SSSR count). The highest BCUT2D eigenvalue weighted by Crippen LogP contribution is 2.40. The molecule has 2 aromatic rings. The van der Waals surface area contributed by atoms with Crippen LogP contribution in [0.3, 0.4) is 0 Å². The molecule has 2 aromatic carbocycles. The summed E-state index contributed by atoms with van der Waals surface area (Å²) < 4.78 is 22.8. The Balaban J connectivity index is 1.57. The quantitative estimate of drug-likeness (QED) is 0.374. The van der Waals surface area contributed by atoms with E-state index in [2.05, 4.69) is 0 Å². The number of hydrogen-bond acceptors (Lipinski definition) is 9. The van der Waals surface area contributed by atoms with Crippen LogP contribution >= 0.6 is 11.6 Å². The van der Waals surface area contributed by atoms with Crippen molar-refractivity contribution in [3.05, 3.63) is 64.2 Å². The molecular formula is C26H33ClO9. The summed E-state index contributed by atoms with van der Waals surface area (Å²) in [6.45, 7) is 0.972. The van der Waals surface area contributed by atoms with Crippen molar-refractivity contribution < 1.29 is 44.5 Å². The summed E-state index contributed by atoms with van der Waals surface area (Å²) >= 11 is 6.48. The summed E-state index contributed by atoms with van der Waals surface area (Å²) in [7, 11) is 0.